The van der Waals surface area contributed by atoms with Crippen molar-refractivity contribution in [2.75, 3.05) is 31.8 Å². The maximum absolute atomic E-state index is 12.7. The molecule has 2 aliphatic rings. The van der Waals surface area contributed by atoms with Crippen molar-refractivity contribution in [2.45, 2.75) is 20.0 Å². The number of rotatable bonds is 3. The molecule has 0 spiro atoms. The third kappa shape index (κ3) is 2.49. The highest BCUT2D eigenvalue weighted by Gasteiger charge is 2.36. The average Bonchev–Trinajstić information content (AvgIpc) is 2.47. The third-order valence-electron chi connectivity index (χ3n) is 3.50. The Balaban J connectivity index is 2.00. The predicted molar refractivity (Wildman–Crippen MR) is 76.0 cm³/mol. The lowest BCUT2D eigenvalue weighted by Crippen LogP contribution is -2.59. The lowest BCUT2D eigenvalue weighted by atomic mass is 10.2. The van der Waals surface area contributed by atoms with Gasteiger partial charge in [-0.3, -0.25) is 14.3 Å². The number of morpholine rings is 1. The zero-order valence-electron chi connectivity index (χ0n) is 12.2. The van der Waals surface area contributed by atoms with Gasteiger partial charge in [-0.05, 0) is 5.92 Å². The largest absolute Gasteiger partial charge is 0.487 e. The summed E-state index contributed by atoms with van der Waals surface area (Å²) in [5, 5.41) is 0. The molecule has 3 heterocycles. The van der Waals surface area contributed by atoms with Gasteiger partial charge in [-0.25, -0.2) is 0 Å². The number of carbonyl (C=O) groups excluding carboxylic acids is 1. The first-order chi connectivity index (χ1) is 10.1. The number of ether oxygens (including phenoxy) is 2. The van der Waals surface area contributed by atoms with Crippen molar-refractivity contribution in [3.63, 3.8) is 0 Å². The first-order valence-corrected chi connectivity index (χ1v) is 7.11. The van der Waals surface area contributed by atoms with E-state index in [0.29, 0.717) is 26.4 Å². The molecule has 0 saturated carbocycles. The van der Waals surface area contributed by atoms with Gasteiger partial charge in [-0.15, -0.1) is 0 Å². The molecule has 21 heavy (non-hydrogen) atoms. The van der Waals surface area contributed by atoms with E-state index in [2.05, 4.69) is 5.43 Å². The summed E-state index contributed by atoms with van der Waals surface area (Å²) in [6, 6.07) is 1.40. The summed E-state index contributed by atoms with van der Waals surface area (Å²) in [7, 11) is 0. The average molecular weight is 293 g/mol. The van der Waals surface area contributed by atoms with Gasteiger partial charge in [0.2, 0.25) is 5.43 Å². The van der Waals surface area contributed by atoms with Crippen LogP contribution in [-0.4, -0.2) is 48.0 Å². The first kappa shape index (κ1) is 13.9. The van der Waals surface area contributed by atoms with E-state index in [1.807, 2.05) is 13.8 Å². The molecule has 3 rings (SSSR count). The van der Waals surface area contributed by atoms with E-state index in [1.54, 1.807) is 15.8 Å². The SMILES string of the molecule is CC(C)COc1c2n(ccc1=O)NC1COCCN1C2=O. The molecule has 114 valence electrons. The Labute approximate surface area is 122 Å². The van der Waals surface area contributed by atoms with Crippen LogP contribution < -0.4 is 15.6 Å². The molecule has 1 aromatic rings. The number of amides is 1. The Morgan fingerprint density at radius 2 is 2.29 bits per heavy atom. The van der Waals surface area contributed by atoms with Gasteiger partial charge in [-0.1, -0.05) is 13.8 Å². The summed E-state index contributed by atoms with van der Waals surface area (Å²) in [5.74, 6) is 0.195. The summed E-state index contributed by atoms with van der Waals surface area (Å²) in [6.45, 7) is 5.81. The van der Waals surface area contributed by atoms with Gasteiger partial charge in [0.15, 0.2) is 11.4 Å². The third-order valence-corrected chi connectivity index (χ3v) is 3.50. The van der Waals surface area contributed by atoms with E-state index in [0.717, 1.165) is 0 Å². The molecule has 1 unspecified atom stereocenters. The van der Waals surface area contributed by atoms with Crippen LogP contribution in [0.3, 0.4) is 0 Å². The number of nitrogens with zero attached hydrogens (tertiary/aromatic N) is 2. The van der Waals surface area contributed by atoms with Gasteiger partial charge in [0.05, 0.1) is 19.8 Å². The van der Waals surface area contributed by atoms with E-state index >= 15 is 0 Å². The predicted octanol–water partition coefficient (Wildman–Crippen LogP) is 0.239. The molecule has 0 bridgehead atoms. The molecule has 0 aromatic carbocycles. The molecule has 1 N–H and O–H groups in total. The zero-order chi connectivity index (χ0) is 15.0. The maximum atomic E-state index is 12.7. The number of hydrogen-bond acceptors (Lipinski definition) is 5. The highest BCUT2D eigenvalue weighted by atomic mass is 16.5. The van der Waals surface area contributed by atoms with Crippen LogP contribution in [0.15, 0.2) is 17.1 Å². The van der Waals surface area contributed by atoms with Crippen molar-refractivity contribution in [2.24, 2.45) is 5.92 Å². The van der Waals surface area contributed by atoms with E-state index in [4.69, 9.17) is 9.47 Å². The molecular formula is C14H19N3O4. The Kier molecular flexibility index (Phi) is 3.59. The molecule has 0 radical (unpaired) electrons. The van der Waals surface area contributed by atoms with Crippen LogP contribution in [0.2, 0.25) is 0 Å². The molecule has 2 aliphatic heterocycles. The van der Waals surface area contributed by atoms with E-state index in [9.17, 15) is 9.59 Å². The van der Waals surface area contributed by atoms with Crippen LogP contribution in [0.1, 0.15) is 24.3 Å². The second-order valence-corrected chi connectivity index (χ2v) is 5.65. The fourth-order valence-electron chi connectivity index (χ4n) is 2.47. The molecule has 1 fully saturated rings. The van der Waals surface area contributed by atoms with E-state index in [-0.39, 0.29) is 34.9 Å². The van der Waals surface area contributed by atoms with Crippen LogP contribution in [0, 0.1) is 5.92 Å². The van der Waals surface area contributed by atoms with Gasteiger partial charge in [0, 0.05) is 18.8 Å². The number of nitrogens with one attached hydrogen (secondary N) is 1. The Morgan fingerprint density at radius 3 is 3.05 bits per heavy atom. The second kappa shape index (κ2) is 5.40. The van der Waals surface area contributed by atoms with Crippen LogP contribution >= 0.6 is 0 Å². The van der Waals surface area contributed by atoms with Crippen LogP contribution in [0.4, 0.5) is 0 Å². The van der Waals surface area contributed by atoms with Gasteiger partial charge in [0.25, 0.3) is 5.91 Å². The number of fused-ring (bicyclic) bond motifs is 2. The van der Waals surface area contributed by atoms with Gasteiger partial charge >= 0.3 is 0 Å². The maximum Gasteiger partial charge on any atom is 0.278 e. The van der Waals surface area contributed by atoms with Gasteiger partial charge < -0.3 is 19.8 Å². The van der Waals surface area contributed by atoms with Crippen molar-refractivity contribution < 1.29 is 14.3 Å². The molecule has 1 saturated heterocycles. The van der Waals surface area contributed by atoms with Crippen molar-refractivity contribution >= 4 is 5.91 Å². The van der Waals surface area contributed by atoms with Crippen molar-refractivity contribution in [3.8, 4) is 5.75 Å². The van der Waals surface area contributed by atoms with Crippen molar-refractivity contribution in [1.29, 1.82) is 0 Å². The van der Waals surface area contributed by atoms with Crippen molar-refractivity contribution in [3.05, 3.63) is 28.2 Å². The summed E-state index contributed by atoms with van der Waals surface area (Å²) in [6.07, 6.45) is 1.35. The molecule has 1 amide bonds. The Morgan fingerprint density at radius 1 is 1.48 bits per heavy atom. The fourth-order valence-corrected chi connectivity index (χ4v) is 2.47. The number of pyridine rings is 1. The molecule has 1 atom stereocenters. The molecule has 0 aliphatic carbocycles. The van der Waals surface area contributed by atoms with Crippen molar-refractivity contribution in [1.82, 2.24) is 9.58 Å². The molecular weight excluding hydrogens is 274 g/mol. The minimum absolute atomic E-state index is 0.119. The molecule has 7 heteroatoms. The smallest absolute Gasteiger partial charge is 0.278 e. The lowest BCUT2D eigenvalue weighted by molar-refractivity contribution is -0.00327. The van der Waals surface area contributed by atoms with Gasteiger partial charge in [0.1, 0.15) is 6.17 Å². The van der Waals surface area contributed by atoms with E-state index in [1.165, 1.54) is 6.07 Å². The fraction of sp³-hybridized carbons (Fsp3) is 0.571. The monoisotopic (exact) mass is 293 g/mol. The molecule has 7 nitrogen and oxygen atoms in total. The number of aromatic nitrogens is 1. The van der Waals surface area contributed by atoms with Gasteiger partial charge in [-0.2, -0.15) is 0 Å². The second-order valence-electron chi connectivity index (χ2n) is 5.65. The quantitative estimate of drug-likeness (QED) is 0.864. The minimum atomic E-state index is -0.274. The lowest BCUT2D eigenvalue weighted by Gasteiger charge is -2.41. The zero-order valence-corrected chi connectivity index (χ0v) is 12.2. The summed E-state index contributed by atoms with van der Waals surface area (Å²) >= 11 is 0. The standard InChI is InChI=1S/C14H19N3O4/c1-9(2)7-21-13-10(18)3-4-17-12(13)14(19)16-5-6-20-8-11(16)15-17/h3-4,9,11,15H,5-8H2,1-2H3. The number of hydrogen-bond donors (Lipinski definition) is 1. The summed E-state index contributed by atoms with van der Waals surface area (Å²) in [5.41, 5.74) is 3.15. The highest BCUT2D eigenvalue weighted by Crippen LogP contribution is 2.22. The Hall–Kier alpha value is -2.02. The Bertz CT molecular complexity index is 611. The highest BCUT2D eigenvalue weighted by molar-refractivity contribution is 5.96. The first-order valence-electron chi connectivity index (χ1n) is 7.11. The normalized spacial score (nSPS) is 20.8. The van der Waals surface area contributed by atoms with Crippen LogP contribution in [0.5, 0.6) is 5.75 Å². The minimum Gasteiger partial charge on any atom is -0.487 e. The summed E-state index contributed by atoms with van der Waals surface area (Å²) in [4.78, 5) is 26.4. The topological polar surface area (TPSA) is 72.8 Å². The van der Waals surface area contributed by atoms with E-state index < -0.39 is 0 Å². The van der Waals surface area contributed by atoms with Crippen LogP contribution in [0.25, 0.3) is 0 Å². The number of carbonyl (C=O) groups is 1. The summed E-state index contributed by atoms with van der Waals surface area (Å²) < 4.78 is 12.5. The van der Waals surface area contributed by atoms with Crippen LogP contribution in [-0.2, 0) is 4.74 Å². The molecule has 1 aromatic heterocycles.